The lowest BCUT2D eigenvalue weighted by atomic mass is 9.74. The van der Waals surface area contributed by atoms with Gasteiger partial charge in [0, 0.05) is 6.42 Å². The molecule has 1 spiro atoms. The molecule has 1 N–H and O–H groups in total. The van der Waals surface area contributed by atoms with Crippen molar-refractivity contribution in [2.45, 2.75) is 50.9 Å². The van der Waals surface area contributed by atoms with Gasteiger partial charge in [0.25, 0.3) is 0 Å². The number of benzene rings is 1. The first-order valence-corrected chi connectivity index (χ1v) is 7.00. The Morgan fingerprint density at radius 1 is 1.16 bits per heavy atom. The first kappa shape index (κ1) is 12.4. The summed E-state index contributed by atoms with van der Waals surface area (Å²) < 4.78 is 0. The van der Waals surface area contributed by atoms with Crippen LogP contribution in [0.15, 0.2) is 18.2 Å². The molecule has 1 fully saturated rings. The summed E-state index contributed by atoms with van der Waals surface area (Å²) in [7, 11) is 0. The monoisotopic (exact) mass is 257 g/mol. The summed E-state index contributed by atoms with van der Waals surface area (Å²) >= 11 is 0. The van der Waals surface area contributed by atoms with Crippen LogP contribution in [0.5, 0.6) is 0 Å². The van der Waals surface area contributed by atoms with Gasteiger partial charge in [-0.05, 0) is 41.9 Å². The summed E-state index contributed by atoms with van der Waals surface area (Å²) in [5, 5.41) is 2.51. The van der Waals surface area contributed by atoms with E-state index in [-0.39, 0.29) is 11.8 Å². The van der Waals surface area contributed by atoms with E-state index in [0.29, 0.717) is 18.8 Å². The highest BCUT2D eigenvalue weighted by atomic mass is 16.2. The van der Waals surface area contributed by atoms with Gasteiger partial charge < -0.3 is 0 Å². The van der Waals surface area contributed by atoms with Gasteiger partial charge in [0.1, 0.15) is 0 Å². The Hall–Kier alpha value is -1.64. The molecule has 0 bridgehead atoms. The van der Waals surface area contributed by atoms with Gasteiger partial charge in [-0.1, -0.05) is 32.0 Å². The Kier molecular flexibility index (Phi) is 2.73. The fourth-order valence-corrected chi connectivity index (χ4v) is 3.37. The summed E-state index contributed by atoms with van der Waals surface area (Å²) in [5.41, 5.74) is 3.30. The summed E-state index contributed by atoms with van der Waals surface area (Å²) in [5.74, 6) is 0.270. The Morgan fingerprint density at radius 3 is 2.58 bits per heavy atom. The summed E-state index contributed by atoms with van der Waals surface area (Å²) in [4.78, 5) is 23.6. The molecule has 1 atom stereocenters. The van der Waals surface area contributed by atoms with E-state index >= 15 is 0 Å². The Labute approximate surface area is 113 Å². The second kappa shape index (κ2) is 4.19. The van der Waals surface area contributed by atoms with Gasteiger partial charge in [0.05, 0.1) is 5.41 Å². The molecule has 3 nitrogen and oxygen atoms in total. The van der Waals surface area contributed by atoms with E-state index in [0.717, 1.165) is 18.4 Å². The van der Waals surface area contributed by atoms with Gasteiger partial charge in [-0.25, -0.2) is 0 Å². The molecule has 1 aliphatic heterocycles. The largest absolute Gasteiger partial charge is 0.296 e. The summed E-state index contributed by atoms with van der Waals surface area (Å²) in [6.45, 7) is 4.36. The van der Waals surface area contributed by atoms with Crippen molar-refractivity contribution < 1.29 is 9.59 Å². The zero-order chi connectivity index (χ0) is 13.6. The maximum Gasteiger partial charge on any atom is 0.237 e. The molecule has 1 aromatic carbocycles. The summed E-state index contributed by atoms with van der Waals surface area (Å²) in [6.07, 6.45) is 2.89. The van der Waals surface area contributed by atoms with Crippen molar-refractivity contribution in [2.24, 2.45) is 0 Å². The third-order valence-electron chi connectivity index (χ3n) is 4.60. The highest BCUT2D eigenvalue weighted by Gasteiger charge is 2.48. The van der Waals surface area contributed by atoms with Gasteiger partial charge >= 0.3 is 0 Å². The Bertz CT molecular complexity index is 562. The third-order valence-corrected chi connectivity index (χ3v) is 4.60. The van der Waals surface area contributed by atoms with Crippen molar-refractivity contribution in [3.8, 4) is 0 Å². The standard InChI is InChI=1S/C16H19NO2/c1-10(2)11-3-4-13-12(9-11)5-7-16(13)8-6-14(18)17-15(16)19/h3-4,9-10H,5-8H2,1-2H3,(H,17,18,19). The highest BCUT2D eigenvalue weighted by molar-refractivity contribution is 6.04. The molecule has 0 saturated carbocycles. The van der Waals surface area contributed by atoms with Crippen molar-refractivity contribution in [2.75, 3.05) is 0 Å². The molecule has 0 aromatic heterocycles. The van der Waals surface area contributed by atoms with E-state index in [9.17, 15) is 9.59 Å². The number of carbonyl (C=O) groups is 2. The van der Waals surface area contributed by atoms with Crippen LogP contribution in [0.1, 0.15) is 55.7 Å². The van der Waals surface area contributed by atoms with Crippen LogP contribution in [0.4, 0.5) is 0 Å². The van der Waals surface area contributed by atoms with Crippen molar-refractivity contribution in [1.82, 2.24) is 5.32 Å². The first-order chi connectivity index (χ1) is 9.03. The number of aryl methyl sites for hydroxylation is 1. The van der Waals surface area contributed by atoms with E-state index in [2.05, 4.69) is 37.4 Å². The number of imide groups is 1. The molecular weight excluding hydrogens is 238 g/mol. The number of amides is 2. The molecule has 1 heterocycles. The smallest absolute Gasteiger partial charge is 0.237 e. The van der Waals surface area contributed by atoms with Crippen molar-refractivity contribution in [3.63, 3.8) is 0 Å². The number of piperidine rings is 1. The maximum absolute atomic E-state index is 12.3. The fourth-order valence-electron chi connectivity index (χ4n) is 3.37. The van der Waals surface area contributed by atoms with E-state index in [1.54, 1.807) is 0 Å². The van der Waals surface area contributed by atoms with Crippen LogP contribution in [0.2, 0.25) is 0 Å². The number of nitrogens with one attached hydrogen (secondary N) is 1. The maximum atomic E-state index is 12.3. The van der Waals surface area contributed by atoms with E-state index in [4.69, 9.17) is 0 Å². The quantitative estimate of drug-likeness (QED) is 0.785. The number of carbonyl (C=O) groups excluding carboxylic acids is 2. The second-order valence-electron chi connectivity index (χ2n) is 6.03. The predicted molar refractivity (Wildman–Crippen MR) is 72.9 cm³/mol. The van der Waals surface area contributed by atoms with Crippen LogP contribution < -0.4 is 5.32 Å². The third kappa shape index (κ3) is 1.79. The van der Waals surface area contributed by atoms with Crippen molar-refractivity contribution in [3.05, 3.63) is 34.9 Å². The molecule has 1 aromatic rings. The molecule has 3 heteroatoms. The lowest BCUT2D eigenvalue weighted by Crippen LogP contribution is -2.50. The zero-order valence-electron chi connectivity index (χ0n) is 11.5. The number of fused-ring (bicyclic) bond motifs is 2. The minimum atomic E-state index is -0.446. The van der Waals surface area contributed by atoms with Crippen LogP contribution in [0.3, 0.4) is 0 Å². The molecule has 19 heavy (non-hydrogen) atoms. The topological polar surface area (TPSA) is 46.2 Å². The molecular formula is C16H19NO2. The van der Waals surface area contributed by atoms with Gasteiger partial charge in [-0.2, -0.15) is 0 Å². The van der Waals surface area contributed by atoms with Crippen LogP contribution >= 0.6 is 0 Å². The SMILES string of the molecule is CC(C)c1ccc2c(c1)CCC21CCC(=O)NC1=O. The van der Waals surface area contributed by atoms with Crippen LogP contribution in [-0.4, -0.2) is 11.8 Å². The van der Waals surface area contributed by atoms with E-state index < -0.39 is 5.41 Å². The van der Waals surface area contributed by atoms with Gasteiger partial charge in [0.15, 0.2) is 0 Å². The lowest BCUT2D eigenvalue weighted by molar-refractivity contribution is -0.137. The number of hydrogen-bond donors (Lipinski definition) is 1. The summed E-state index contributed by atoms with van der Waals surface area (Å²) in [6, 6.07) is 6.46. The first-order valence-electron chi connectivity index (χ1n) is 7.00. The Balaban J connectivity index is 2.02. The van der Waals surface area contributed by atoms with Gasteiger partial charge in [-0.15, -0.1) is 0 Å². The molecule has 2 aliphatic rings. The number of rotatable bonds is 1. The number of hydrogen-bond acceptors (Lipinski definition) is 2. The minimum absolute atomic E-state index is 0.0974. The molecule has 1 saturated heterocycles. The zero-order valence-corrected chi connectivity index (χ0v) is 11.5. The van der Waals surface area contributed by atoms with Crippen LogP contribution in [0, 0.1) is 0 Å². The van der Waals surface area contributed by atoms with E-state index in [1.165, 1.54) is 11.1 Å². The minimum Gasteiger partial charge on any atom is -0.296 e. The average Bonchev–Trinajstić information content (AvgIpc) is 2.74. The molecule has 1 aliphatic carbocycles. The van der Waals surface area contributed by atoms with E-state index in [1.807, 2.05) is 0 Å². The average molecular weight is 257 g/mol. The van der Waals surface area contributed by atoms with Crippen molar-refractivity contribution in [1.29, 1.82) is 0 Å². The lowest BCUT2D eigenvalue weighted by Gasteiger charge is -2.32. The normalized spacial score (nSPS) is 25.8. The van der Waals surface area contributed by atoms with Gasteiger partial charge in [-0.3, -0.25) is 14.9 Å². The Morgan fingerprint density at radius 2 is 1.89 bits per heavy atom. The van der Waals surface area contributed by atoms with Crippen LogP contribution in [0.25, 0.3) is 0 Å². The second-order valence-corrected chi connectivity index (χ2v) is 6.03. The fraction of sp³-hybridized carbons (Fsp3) is 0.500. The predicted octanol–water partition coefficient (Wildman–Crippen LogP) is 2.43. The van der Waals surface area contributed by atoms with Crippen LogP contribution in [-0.2, 0) is 21.4 Å². The molecule has 2 amide bonds. The highest BCUT2D eigenvalue weighted by Crippen LogP contribution is 2.44. The van der Waals surface area contributed by atoms with Crippen molar-refractivity contribution >= 4 is 11.8 Å². The van der Waals surface area contributed by atoms with Gasteiger partial charge in [0.2, 0.25) is 11.8 Å². The molecule has 1 unspecified atom stereocenters. The molecule has 3 rings (SSSR count). The molecule has 100 valence electrons. The molecule has 0 radical (unpaired) electrons.